The molecule has 0 unspecified atom stereocenters. The van der Waals surface area contributed by atoms with Crippen molar-refractivity contribution < 1.29 is 0 Å². The highest BCUT2D eigenvalue weighted by Crippen LogP contribution is 2.14. The van der Waals surface area contributed by atoms with Crippen LogP contribution in [0, 0.1) is 11.2 Å². The first-order chi connectivity index (χ1) is 7.43. The summed E-state index contributed by atoms with van der Waals surface area (Å²) < 4.78 is 0. The van der Waals surface area contributed by atoms with Crippen LogP contribution in [0.2, 0.25) is 0 Å². The Labute approximate surface area is 96.1 Å². The van der Waals surface area contributed by atoms with Crippen molar-refractivity contribution in [3.8, 4) is 11.2 Å². The van der Waals surface area contributed by atoms with Crippen LogP contribution in [0.15, 0.2) is 59.5 Å². The van der Waals surface area contributed by atoms with Gasteiger partial charge in [0.05, 0.1) is 0 Å². The highest BCUT2D eigenvalue weighted by atomic mass is 32.2. The fraction of sp³-hybridized carbons (Fsp3) is 0.143. The minimum Gasteiger partial charge on any atom is -0.0848 e. The van der Waals surface area contributed by atoms with Crippen LogP contribution in [0.4, 0.5) is 0 Å². The summed E-state index contributed by atoms with van der Waals surface area (Å²) in [5.41, 5.74) is 0. The predicted octanol–water partition coefficient (Wildman–Crippen LogP) is 4.26. The molecule has 0 aliphatic rings. The molecule has 0 aliphatic heterocycles. The lowest BCUT2D eigenvalue weighted by atomic mass is 10.4. The number of rotatable bonds is 3. The second kappa shape index (κ2) is 7.96. The first kappa shape index (κ1) is 11.7. The third-order valence-corrected chi connectivity index (χ3v) is 2.36. The first-order valence-electron chi connectivity index (χ1n) is 4.97. The van der Waals surface area contributed by atoms with E-state index in [0.29, 0.717) is 0 Å². The molecule has 15 heavy (non-hydrogen) atoms. The Morgan fingerprint density at radius 1 is 1.20 bits per heavy atom. The van der Waals surface area contributed by atoms with Crippen molar-refractivity contribution in [1.82, 2.24) is 0 Å². The lowest BCUT2D eigenvalue weighted by molar-refractivity contribution is 1.22. The third-order valence-electron chi connectivity index (χ3n) is 1.63. The van der Waals surface area contributed by atoms with Gasteiger partial charge in [0.1, 0.15) is 0 Å². The summed E-state index contributed by atoms with van der Waals surface area (Å²) in [7, 11) is 0. The lowest BCUT2D eigenvalue weighted by Crippen LogP contribution is -1.63. The summed E-state index contributed by atoms with van der Waals surface area (Å²) in [6.07, 6.45) is 9.01. The summed E-state index contributed by atoms with van der Waals surface area (Å²) >= 11 is 1.55. The fourth-order valence-electron chi connectivity index (χ4n) is 0.929. The van der Waals surface area contributed by atoms with Crippen molar-refractivity contribution in [2.24, 2.45) is 0 Å². The SMILES string of the molecule is CC/C=C/C=C/C#CSc1ccccc1. The summed E-state index contributed by atoms with van der Waals surface area (Å²) in [4.78, 5) is 1.18. The number of allylic oxidation sites excluding steroid dienone is 4. The minimum atomic E-state index is 1.07. The second-order valence-corrected chi connectivity index (χ2v) is 3.74. The molecule has 0 radical (unpaired) electrons. The number of benzene rings is 1. The van der Waals surface area contributed by atoms with Crippen LogP contribution in [0.25, 0.3) is 0 Å². The predicted molar refractivity (Wildman–Crippen MR) is 68.6 cm³/mol. The Bertz CT molecular complexity index is 377. The van der Waals surface area contributed by atoms with E-state index >= 15 is 0 Å². The molecule has 1 heteroatoms. The van der Waals surface area contributed by atoms with E-state index in [1.165, 1.54) is 4.90 Å². The standard InChI is InChI=1S/C14H14S/c1-2-3-4-5-6-10-13-15-14-11-8-7-9-12-14/h3-9,11-12H,2H2,1H3/b4-3+,6-5+. The molecule has 0 saturated heterocycles. The van der Waals surface area contributed by atoms with Crippen LogP contribution in [0.5, 0.6) is 0 Å². The lowest BCUT2D eigenvalue weighted by Gasteiger charge is -1.89. The van der Waals surface area contributed by atoms with Crippen LogP contribution in [-0.4, -0.2) is 0 Å². The molecule has 1 aromatic carbocycles. The van der Waals surface area contributed by atoms with E-state index in [9.17, 15) is 0 Å². The van der Waals surface area contributed by atoms with Gasteiger partial charge in [0.25, 0.3) is 0 Å². The molecule has 0 nitrogen and oxygen atoms in total. The highest BCUT2D eigenvalue weighted by Gasteiger charge is 1.84. The van der Waals surface area contributed by atoms with E-state index in [1.807, 2.05) is 36.4 Å². The third kappa shape index (κ3) is 5.83. The Morgan fingerprint density at radius 3 is 2.73 bits per heavy atom. The molecule has 1 aromatic rings. The van der Waals surface area contributed by atoms with E-state index in [-0.39, 0.29) is 0 Å². The van der Waals surface area contributed by atoms with Crippen molar-refractivity contribution in [1.29, 1.82) is 0 Å². The molecular weight excluding hydrogens is 200 g/mol. The van der Waals surface area contributed by atoms with E-state index in [0.717, 1.165) is 6.42 Å². The largest absolute Gasteiger partial charge is 0.0848 e. The summed E-state index contributed by atoms with van der Waals surface area (Å²) in [5.74, 6) is 2.97. The maximum absolute atomic E-state index is 3.02. The van der Waals surface area contributed by atoms with Crippen LogP contribution >= 0.6 is 11.8 Å². The molecule has 0 aliphatic carbocycles. The van der Waals surface area contributed by atoms with E-state index in [4.69, 9.17) is 0 Å². The fourth-order valence-corrected chi connectivity index (χ4v) is 1.47. The molecule has 0 atom stereocenters. The molecule has 0 fully saturated rings. The first-order valence-corrected chi connectivity index (χ1v) is 5.79. The van der Waals surface area contributed by atoms with Gasteiger partial charge in [0.2, 0.25) is 0 Å². The zero-order chi connectivity index (χ0) is 10.8. The molecule has 76 valence electrons. The van der Waals surface area contributed by atoms with Crippen LogP contribution in [0.3, 0.4) is 0 Å². The van der Waals surface area contributed by atoms with Crippen molar-refractivity contribution in [3.63, 3.8) is 0 Å². The van der Waals surface area contributed by atoms with Crippen LogP contribution in [-0.2, 0) is 0 Å². The average Bonchev–Trinajstić information content (AvgIpc) is 2.29. The molecule has 0 saturated carbocycles. The molecule has 0 spiro atoms. The zero-order valence-corrected chi connectivity index (χ0v) is 9.63. The summed E-state index contributed by atoms with van der Waals surface area (Å²) in [6, 6.07) is 10.2. The topological polar surface area (TPSA) is 0 Å². The quantitative estimate of drug-likeness (QED) is 0.411. The maximum atomic E-state index is 3.02. The minimum absolute atomic E-state index is 1.07. The molecule has 0 bridgehead atoms. The Morgan fingerprint density at radius 2 is 2.00 bits per heavy atom. The van der Waals surface area contributed by atoms with Crippen LogP contribution in [0.1, 0.15) is 13.3 Å². The van der Waals surface area contributed by atoms with E-state index < -0.39 is 0 Å². The Hall–Kier alpha value is -1.39. The van der Waals surface area contributed by atoms with E-state index in [1.54, 1.807) is 11.8 Å². The van der Waals surface area contributed by atoms with Crippen LogP contribution < -0.4 is 0 Å². The van der Waals surface area contributed by atoms with Gasteiger partial charge in [-0.1, -0.05) is 49.3 Å². The summed E-state index contributed by atoms with van der Waals surface area (Å²) in [6.45, 7) is 2.11. The molecule has 0 N–H and O–H groups in total. The van der Waals surface area contributed by atoms with Gasteiger partial charge in [-0.3, -0.25) is 0 Å². The highest BCUT2D eigenvalue weighted by molar-refractivity contribution is 8.03. The van der Waals surface area contributed by atoms with Crippen molar-refractivity contribution in [3.05, 3.63) is 54.6 Å². The number of thioether (sulfide) groups is 1. The maximum Gasteiger partial charge on any atom is 0.0203 e. The van der Waals surface area contributed by atoms with Gasteiger partial charge in [0, 0.05) is 4.90 Å². The Kier molecular flexibility index (Phi) is 6.20. The van der Waals surface area contributed by atoms with E-state index in [2.05, 4.69) is 36.3 Å². The second-order valence-electron chi connectivity index (χ2n) is 2.86. The molecule has 0 aromatic heterocycles. The summed E-state index contributed by atoms with van der Waals surface area (Å²) in [5, 5.41) is 3.02. The van der Waals surface area contributed by atoms with Crippen molar-refractivity contribution >= 4 is 11.8 Å². The molecular formula is C14H14S. The molecule has 0 amide bonds. The number of hydrogen-bond donors (Lipinski definition) is 0. The molecule has 1 rings (SSSR count). The van der Waals surface area contributed by atoms with Gasteiger partial charge >= 0.3 is 0 Å². The smallest absolute Gasteiger partial charge is 0.0203 e. The van der Waals surface area contributed by atoms with Gasteiger partial charge in [0.15, 0.2) is 0 Å². The monoisotopic (exact) mass is 214 g/mol. The van der Waals surface area contributed by atoms with Gasteiger partial charge in [-0.05, 0) is 41.6 Å². The van der Waals surface area contributed by atoms with Gasteiger partial charge in [-0.2, -0.15) is 0 Å². The Balaban J connectivity index is 2.34. The van der Waals surface area contributed by atoms with Gasteiger partial charge in [-0.15, -0.1) is 0 Å². The van der Waals surface area contributed by atoms with Crippen molar-refractivity contribution in [2.45, 2.75) is 18.2 Å². The normalized spacial score (nSPS) is 10.5. The number of hydrogen-bond acceptors (Lipinski definition) is 1. The molecule has 0 heterocycles. The van der Waals surface area contributed by atoms with Crippen molar-refractivity contribution in [2.75, 3.05) is 0 Å². The van der Waals surface area contributed by atoms with Gasteiger partial charge in [-0.25, -0.2) is 0 Å². The zero-order valence-electron chi connectivity index (χ0n) is 8.81. The van der Waals surface area contributed by atoms with Gasteiger partial charge < -0.3 is 0 Å². The average molecular weight is 214 g/mol.